The van der Waals surface area contributed by atoms with Gasteiger partial charge in [0, 0.05) is 13.1 Å². The summed E-state index contributed by atoms with van der Waals surface area (Å²) >= 11 is 1.61. The number of amides is 1. The Hall–Kier alpha value is -1.05. The first-order valence-electron chi connectivity index (χ1n) is 7.39. The van der Waals surface area contributed by atoms with Crippen molar-refractivity contribution in [1.29, 1.82) is 0 Å². The lowest BCUT2D eigenvalue weighted by atomic mass is 10.2. The minimum Gasteiger partial charge on any atom is -0.341 e. The lowest BCUT2D eigenvalue weighted by Gasteiger charge is -2.23. The van der Waals surface area contributed by atoms with Gasteiger partial charge in [0.2, 0.25) is 15.9 Å². The van der Waals surface area contributed by atoms with E-state index in [2.05, 4.69) is 4.72 Å². The summed E-state index contributed by atoms with van der Waals surface area (Å²) in [6.45, 7) is 1.45. The normalized spacial score (nSPS) is 16.7. The molecule has 1 aliphatic rings. The van der Waals surface area contributed by atoms with Crippen molar-refractivity contribution in [2.45, 2.75) is 30.2 Å². The number of carbonyl (C=O) groups excluding carboxylic acids is 1. The summed E-state index contributed by atoms with van der Waals surface area (Å²) in [4.78, 5) is 14.5. The molecule has 1 fully saturated rings. The highest BCUT2D eigenvalue weighted by Gasteiger charge is 2.30. The van der Waals surface area contributed by atoms with E-state index in [-0.39, 0.29) is 10.8 Å². The first-order valence-corrected chi connectivity index (χ1v) is 10.3. The molecule has 1 aromatic carbocycles. The fourth-order valence-corrected chi connectivity index (χ4v) is 4.20. The second-order valence-corrected chi connectivity index (χ2v) is 8.00. The molecule has 1 aliphatic heterocycles. The highest BCUT2D eigenvalue weighted by Crippen LogP contribution is 2.15. The lowest BCUT2D eigenvalue weighted by molar-refractivity contribution is -0.131. The zero-order valence-corrected chi connectivity index (χ0v) is 14.3. The van der Waals surface area contributed by atoms with Gasteiger partial charge in [-0.2, -0.15) is 16.5 Å². The summed E-state index contributed by atoms with van der Waals surface area (Å²) in [5.74, 6) is 0.632. The van der Waals surface area contributed by atoms with Crippen LogP contribution >= 0.6 is 11.8 Å². The number of rotatable bonds is 7. The molecule has 1 unspecified atom stereocenters. The van der Waals surface area contributed by atoms with Crippen LogP contribution in [-0.4, -0.2) is 50.4 Å². The van der Waals surface area contributed by atoms with Crippen LogP contribution in [0.1, 0.15) is 19.3 Å². The van der Waals surface area contributed by atoms with Crippen LogP contribution in [0.15, 0.2) is 35.2 Å². The molecular formula is C15H22N2O3S2. The van der Waals surface area contributed by atoms with Gasteiger partial charge in [-0.25, -0.2) is 8.42 Å². The number of hydrogen-bond donors (Lipinski definition) is 1. The van der Waals surface area contributed by atoms with E-state index in [1.165, 1.54) is 12.1 Å². The van der Waals surface area contributed by atoms with E-state index in [9.17, 15) is 13.2 Å². The number of carbonyl (C=O) groups is 1. The third-order valence-electron chi connectivity index (χ3n) is 3.68. The lowest BCUT2D eigenvalue weighted by Crippen LogP contribution is -2.47. The highest BCUT2D eigenvalue weighted by molar-refractivity contribution is 7.98. The van der Waals surface area contributed by atoms with Crippen LogP contribution in [0.2, 0.25) is 0 Å². The maximum atomic E-state index is 12.6. The second kappa shape index (κ2) is 7.99. The van der Waals surface area contributed by atoms with E-state index in [1.54, 1.807) is 34.9 Å². The zero-order valence-electron chi connectivity index (χ0n) is 12.7. The Balaban J connectivity index is 2.13. The van der Waals surface area contributed by atoms with E-state index in [0.29, 0.717) is 6.42 Å². The molecule has 0 radical (unpaired) electrons. The number of nitrogens with zero attached hydrogens (tertiary/aromatic N) is 1. The van der Waals surface area contributed by atoms with E-state index in [0.717, 1.165) is 31.7 Å². The van der Waals surface area contributed by atoms with Gasteiger partial charge in [0.05, 0.1) is 4.90 Å². The molecule has 1 atom stereocenters. The molecule has 1 aromatic rings. The van der Waals surface area contributed by atoms with Gasteiger partial charge in [0.15, 0.2) is 0 Å². The van der Waals surface area contributed by atoms with Crippen molar-refractivity contribution < 1.29 is 13.2 Å². The van der Waals surface area contributed by atoms with Crippen molar-refractivity contribution in [3.05, 3.63) is 30.3 Å². The van der Waals surface area contributed by atoms with E-state index >= 15 is 0 Å². The third kappa shape index (κ3) is 4.47. The van der Waals surface area contributed by atoms with Gasteiger partial charge >= 0.3 is 0 Å². The van der Waals surface area contributed by atoms with Crippen LogP contribution in [0.5, 0.6) is 0 Å². The Morgan fingerprint density at radius 2 is 1.91 bits per heavy atom. The van der Waals surface area contributed by atoms with Gasteiger partial charge in [-0.15, -0.1) is 0 Å². The SMILES string of the molecule is CSCCC(NS(=O)(=O)c1ccccc1)C(=O)N1CCCC1. The van der Waals surface area contributed by atoms with E-state index in [1.807, 2.05) is 6.26 Å². The molecule has 22 heavy (non-hydrogen) atoms. The van der Waals surface area contributed by atoms with Crippen molar-refractivity contribution in [1.82, 2.24) is 9.62 Å². The molecule has 1 saturated heterocycles. The number of sulfonamides is 1. The summed E-state index contributed by atoms with van der Waals surface area (Å²) in [7, 11) is -3.67. The molecule has 0 spiro atoms. The average molecular weight is 342 g/mol. The Morgan fingerprint density at radius 3 is 2.50 bits per heavy atom. The Labute approximate surface area is 136 Å². The Bertz CT molecular complexity index is 584. The summed E-state index contributed by atoms with van der Waals surface area (Å²) in [5.41, 5.74) is 0. The smallest absolute Gasteiger partial charge is 0.241 e. The number of benzene rings is 1. The maximum absolute atomic E-state index is 12.6. The minimum absolute atomic E-state index is 0.106. The predicted octanol–water partition coefficient (Wildman–Crippen LogP) is 1.71. The molecular weight excluding hydrogens is 320 g/mol. The molecule has 1 amide bonds. The van der Waals surface area contributed by atoms with Gasteiger partial charge < -0.3 is 4.90 Å². The van der Waals surface area contributed by atoms with Crippen LogP contribution in [0, 0.1) is 0 Å². The molecule has 0 bridgehead atoms. The predicted molar refractivity (Wildman–Crippen MR) is 89.4 cm³/mol. The molecule has 5 nitrogen and oxygen atoms in total. The largest absolute Gasteiger partial charge is 0.341 e. The highest BCUT2D eigenvalue weighted by atomic mass is 32.2. The van der Waals surface area contributed by atoms with Gasteiger partial charge in [-0.05, 0) is 43.4 Å². The van der Waals surface area contributed by atoms with Gasteiger partial charge in [0.1, 0.15) is 6.04 Å². The van der Waals surface area contributed by atoms with Gasteiger partial charge in [-0.3, -0.25) is 4.79 Å². The number of thioether (sulfide) groups is 1. The summed E-state index contributed by atoms with van der Waals surface area (Å²) < 4.78 is 27.5. The van der Waals surface area contributed by atoms with E-state index < -0.39 is 16.1 Å². The summed E-state index contributed by atoms with van der Waals surface area (Å²) in [6, 6.07) is 7.50. The molecule has 0 aliphatic carbocycles. The maximum Gasteiger partial charge on any atom is 0.241 e. The van der Waals surface area contributed by atoms with Crippen molar-refractivity contribution in [2.24, 2.45) is 0 Å². The second-order valence-electron chi connectivity index (χ2n) is 5.30. The quantitative estimate of drug-likeness (QED) is 0.819. The molecule has 2 rings (SSSR count). The molecule has 7 heteroatoms. The van der Waals surface area contributed by atoms with Crippen molar-refractivity contribution in [3.8, 4) is 0 Å². The fraction of sp³-hybridized carbons (Fsp3) is 0.533. The van der Waals surface area contributed by atoms with Crippen LogP contribution in [0.25, 0.3) is 0 Å². The average Bonchev–Trinajstić information content (AvgIpc) is 3.06. The van der Waals surface area contributed by atoms with Gasteiger partial charge in [-0.1, -0.05) is 18.2 Å². The Kier molecular flexibility index (Phi) is 6.28. The first-order chi connectivity index (χ1) is 10.5. The van der Waals surface area contributed by atoms with Crippen LogP contribution < -0.4 is 4.72 Å². The molecule has 1 heterocycles. The Morgan fingerprint density at radius 1 is 1.27 bits per heavy atom. The van der Waals surface area contributed by atoms with Crippen LogP contribution in [0.4, 0.5) is 0 Å². The van der Waals surface area contributed by atoms with Crippen molar-refractivity contribution >= 4 is 27.7 Å². The van der Waals surface area contributed by atoms with Crippen LogP contribution in [0.3, 0.4) is 0 Å². The topological polar surface area (TPSA) is 66.5 Å². The summed E-state index contributed by atoms with van der Waals surface area (Å²) in [5, 5.41) is 0. The first kappa shape index (κ1) is 17.3. The molecule has 122 valence electrons. The standard InChI is InChI=1S/C15H22N2O3S2/c1-21-12-9-14(15(18)17-10-5-6-11-17)16-22(19,20)13-7-3-2-4-8-13/h2-4,7-8,14,16H,5-6,9-12H2,1H3. The zero-order chi connectivity index (χ0) is 16.0. The van der Waals surface area contributed by atoms with Crippen LogP contribution in [-0.2, 0) is 14.8 Å². The molecule has 1 N–H and O–H groups in total. The van der Waals surface area contributed by atoms with E-state index in [4.69, 9.17) is 0 Å². The van der Waals surface area contributed by atoms with Crippen molar-refractivity contribution in [2.75, 3.05) is 25.1 Å². The number of likely N-dealkylation sites (tertiary alicyclic amines) is 1. The fourth-order valence-electron chi connectivity index (χ4n) is 2.48. The molecule has 0 aromatic heterocycles. The number of hydrogen-bond acceptors (Lipinski definition) is 4. The molecule has 0 saturated carbocycles. The summed E-state index contributed by atoms with van der Waals surface area (Å²) in [6.07, 6.45) is 4.44. The van der Waals surface area contributed by atoms with Crippen molar-refractivity contribution in [3.63, 3.8) is 0 Å². The minimum atomic E-state index is -3.67. The van der Waals surface area contributed by atoms with Gasteiger partial charge in [0.25, 0.3) is 0 Å². The third-order valence-corrected chi connectivity index (χ3v) is 5.81. The number of nitrogens with one attached hydrogen (secondary N) is 1. The monoisotopic (exact) mass is 342 g/mol.